The first-order valence-corrected chi connectivity index (χ1v) is 14.0. The van der Waals surface area contributed by atoms with E-state index in [2.05, 4.69) is 156 Å². The van der Waals surface area contributed by atoms with Crippen molar-refractivity contribution in [3.63, 3.8) is 0 Å². The second-order valence-electron chi connectivity index (χ2n) is 10.5. The molecule has 0 amide bonds. The Labute approximate surface area is 239 Å². The Kier molecular flexibility index (Phi) is 5.36. The average Bonchev–Trinajstić information content (AvgIpc) is 3.75. The van der Waals surface area contributed by atoms with Gasteiger partial charge in [0.2, 0.25) is 0 Å². The van der Waals surface area contributed by atoms with E-state index in [9.17, 15) is 0 Å². The van der Waals surface area contributed by atoms with Gasteiger partial charge in [-0.05, 0) is 70.8 Å². The molecule has 5 aromatic carbocycles. The maximum atomic E-state index is 4.85. The highest BCUT2D eigenvalue weighted by Gasteiger charge is 2.35. The van der Waals surface area contributed by atoms with Crippen LogP contribution in [0.1, 0.15) is 17.2 Å². The molecule has 0 saturated heterocycles. The number of aliphatic imine (C=N–C) groups is 1. The first kappa shape index (κ1) is 23.5. The van der Waals surface area contributed by atoms with E-state index < -0.39 is 0 Å². The molecule has 0 N–H and O–H groups in total. The van der Waals surface area contributed by atoms with Crippen molar-refractivity contribution in [2.45, 2.75) is 6.04 Å². The second-order valence-corrected chi connectivity index (χ2v) is 10.5. The van der Waals surface area contributed by atoms with Gasteiger partial charge in [0.15, 0.2) is 0 Å². The molecule has 3 heterocycles. The highest BCUT2D eigenvalue weighted by Crippen LogP contribution is 2.41. The van der Waals surface area contributed by atoms with Crippen LogP contribution in [0, 0.1) is 0 Å². The minimum Gasteiger partial charge on any atom is -0.309 e. The van der Waals surface area contributed by atoms with Gasteiger partial charge in [-0.1, -0.05) is 97.6 Å². The van der Waals surface area contributed by atoms with Crippen LogP contribution in [0.25, 0.3) is 44.2 Å². The fourth-order valence-electron chi connectivity index (χ4n) is 6.02. The van der Waals surface area contributed by atoms with Gasteiger partial charge in [0.1, 0.15) is 11.9 Å². The maximum absolute atomic E-state index is 4.85. The summed E-state index contributed by atoms with van der Waals surface area (Å²) in [5, 5.41) is 2.50. The summed E-state index contributed by atoms with van der Waals surface area (Å²) in [6, 6.07) is 43.3. The third-order valence-electron chi connectivity index (χ3n) is 8.07. The summed E-state index contributed by atoms with van der Waals surface area (Å²) in [4.78, 5) is 7.06. The molecule has 3 nitrogen and oxygen atoms in total. The Bertz CT molecular complexity index is 2060. The number of allylic oxidation sites excluding steroid dienone is 4. The van der Waals surface area contributed by atoms with Crippen LogP contribution < -0.4 is 4.90 Å². The number of hydrogen-bond donors (Lipinski definition) is 0. The van der Waals surface area contributed by atoms with Gasteiger partial charge in [-0.15, -0.1) is 0 Å². The standard InChI is InChI=1S/C38H27N3/c1-26-12-10-11-23-40(38-37(39-38)27-13-4-2-5-14-27)34-21-19-28(24-32(26)34)29-20-22-36-33(25-29)31-17-8-9-18-35(31)41(36)30-15-6-3-7-16-30/h2-25,37H,1H2/b12-10-,23-11-. The van der Waals surface area contributed by atoms with Gasteiger partial charge in [0.25, 0.3) is 0 Å². The zero-order chi connectivity index (χ0) is 27.3. The number of fused-ring (bicyclic) bond motifs is 4. The monoisotopic (exact) mass is 525 g/mol. The van der Waals surface area contributed by atoms with Crippen LogP contribution in [0.2, 0.25) is 0 Å². The zero-order valence-electron chi connectivity index (χ0n) is 22.5. The van der Waals surface area contributed by atoms with Gasteiger partial charge in [-0.3, -0.25) is 4.99 Å². The lowest BCUT2D eigenvalue weighted by molar-refractivity contribution is 1.12. The molecule has 2 aliphatic heterocycles. The number of benzene rings is 5. The van der Waals surface area contributed by atoms with Crippen LogP contribution in [0.3, 0.4) is 0 Å². The van der Waals surface area contributed by atoms with Crippen LogP contribution in [0.4, 0.5) is 5.69 Å². The van der Waals surface area contributed by atoms with Crippen LogP contribution in [-0.4, -0.2) is 10.4 Å². The summed E-state index contributed by atoms with van der Waals surface area (Å²) in [5.41, 5.74) is 10.3. The van der Waals surface area contributed by atoms with Crippen LogP contribution >= 0.6 is 0 Å². The van der Waals surface area contributed by atoms with E-state index in [-0.39, 0.29) is 6.04 Å². The lowest BCUT2D eigenvalue weighted by atomic mass is 9.95. The van der Waals surface area contributed by atoms with Crippen molar-refractivity contribution >= 4 is 38.9 Å². The van der Waals surface area contributed by atoms with Crippen LogP contribution in [0.5, 0.6) is 0 Å². The minimum atomic E-state index is 0.0920. The fraction of sp³-hybridized carbons (Fsp3) is 0.0263. The number of anilines is 1. The molecule has 194 valence electrons. The van der Waals surface area contributed by atoms with Gasteiger partial charge >= 0.3 is 0 Å². The summed E-state index contributed by atoms with van der Waals surface area (Å²) in [6.45, 7) is 4.42. The van der Waals surface area contributed by atoms with Gasteiger partial charge in [-0.25, -0.2) is 0 Å². The predicted octanol–water partition coefficient (Wildman–Crippen LogP) is 9.51. The molecule has 3 heteroatoms. The molecule has 0 aliphatic carbocycles. The number of hydrogen-bond acceptors (Lipinski definition) is 2. The number of aromatic nitrogens is 1. The van der Waals surface area contributed by atoms with E-state index in [0.717, 1.165) is 22.7 Å². The topological polar surface area (TPSA) is 20.5 Å². The molecule has 6 aromatic rings. The van der Waals surface area contributed by atoms with Crippen molar-refractivity contribution in [2.24, 2.45) is 4.99 Å². The molecule has 1 aromatic heterocycles. The van der Waals surface area contributed by atoms with E-state index in [0.29, 0.717) is 0 Å². The molecule has 8 rings (SSSR count). The molecule has 0 fully saturated rings. The summed E-state index contributed by atoms with van der Waals surface area (Å²) < 4.78 is 2.35. The van der Waals surface area contributed by atoms with Gasteiger partial charge in [0.05, 0.1) is 16.7 Å². The van der Waals surface area contributed by atoms with Gasteiger partial charge in [-0.2, -0.15) is 0 Å². The van der Waals surface area contributed by atoms with Crippen molar-refractivity contribution in [3.8, 4) is 16.8 Å². The number of para-hydroxylation sites is 2. The van der Waals surface area contributed by atoms with Crippen molar-refractivity contribution in [2.75, 3.05) is 4.90 Å². The molecule has 0 spiro atoms. The van der Waals surface area contributed by atoms with E-state index >= 15 is 0 Å². The first-order valence-electron chi connectivity index (χ1n) is 14.0. The fourth-order valence-corrected chi connectivity index (χ4v) is 6.02. The highest BCUT2D eigenvalue weighted by molar-refractivity contribution is 6.14. The smallest absolute Gasteiger partial charge is 0.138 e. The van der Waals surface area contributed by atoms with Crippen molar-refractivity contribution in [3.05, 3.63) is 163 Å². The highest BCUT2D eigenvalue weighted by atomic mass is 15.3. The Morgan fingerprint density at radius 2 is 1.34 bits per heavy atom. The number of nitrogens with zero attached hydrogens (tertiary/aromatic N) is 3. The molecular formula is C38H27N3. The molecule has 1 atom stereocenters. The van der Waals surface area contributed by atoms with E-state index in [4.69, 9.17) is 4.99 Å². The van der Waals surface area contributed by atoms with Crippen molar-refractivity contribution < 1.29 is 0 Å². The molecule has 1 unspecified atom stereocenters. The lowest BCUT2D eigenvalue weighted by Gasteiger charge is -2.23. The Morgan fingerprint density at radius 1 is 0.634 bits per heavy atom. The Balaban J connectivity index is 1.23. The third kappa shape index (κ3) is 3.94. The van der Waals surface area contributed by atoms with E-state index in [1.54, 1.807) is 0 Å². The predicted molar refractivity (Wildman–Crippen MR) is 173 cm³/mol. The van der Waals surface area contributed by atoms with E-state index in [1.807, 2.05) is 6.07 Å². The second kappa shape index (κ2) is 9.35. The molecule has 2 aliphatic rings. The molecule has 41 heavy (non-hydrogen) atoms. The third-order valence-corrected chi connectivity index (χ3v) is 8.07. The summed E-state index contributed by atoms with van der Waals surface area (Å²) >= 11 is 0. The van der Waals surface area contributed by atoms with Crippen LogP contribution in [0.15, 0.2) is 157 Å². The summed E-state index contributed by atoms with van der Waals surface area (Å²) in [5.74, 6) is 1.06. The zero-order valence-corrected chi connectivity index (χ0v) is 22.5. The summed E-state index contributed by atoms with van der Waals surface area (Å²) in [7, 11) is 0. The molecule has 0 saturated carbocycles. The quantitative estimate of drug-likeness (QED) is 0.225. The first-order chi connectivity index (χ1) is 20.3. The van der Waals surface area contributed by atoms with Crippen LogP contribution in [-0.2, 0) is 0 Å². The maximum Gasteiger partial charge on any atom is 0.138 e. The minimum absolute atomic E-state index is 0.0920. The van der Waals surface area contributed by atoms with Gasteiger partial charge < -0.3 is 9.47 Å². The Morgan fingerprint density at radius 3 is 2.20 bits per heavy atom. The van der Waals surface area contributed by atoms with E-state index in [1.165, 1.54) is 44.2 Å². The molecular weight excluding hydrogens is 498 g/mol. The molecule has 0 radical (unpaired) electrons. The lowest BCUT2D eigenvalue weighted by Crippen LogP contribution is -2.21. The number of amidine groups is 1. The molecule has 0 bridgehead atoms. The normalized spacial score (nSPS) is 17.6. The van der Waals surface area contributed by atoms with Crippen molar-refractivity contribution in [1.29, 1.82) is 0 Å². The largest absolute Gasteiger partial charge is 0.309 e. The number of rotatable bonds is 3. The van der Waals surface area contributed by atoms with Crippen molar-refractivity contribution in [1.82, 2.24) is 4.57 Å². The Hall–Kier alpha value is -5.41. The average molecular weight is 526 g/mol. The summed E-state index contributed by atoms with van der Waals surface area (Å²) in [6.07, 6.45) is 8.29. The SMILES string of the molecule is C=C1/C=C\C=C/N(C2=NC2c2ccccc2)c2ccc(-c3ccc4c(c3)c3ccccc3n4-c3ccccc3)cc21. The van der Waals surface area contributed by atoms with Gasteiger partial charge in [0, 0.05) is 28.2 Å².